The molecule has 0 radical (unpaired) electrons. The number of anilines is 2. The zero-order valence-electron chi connectivity index (χ0n) is 13.2. The molecule has 2 aromatic carbocycles. The first-order valence-electron chi connectivity index (χ1n) is 7.43. The van der Waals surface area contributed by atoms with Gasteiger partial charge < -0.3 is 15.1 Å². The van der Waals surface area contributed by atoms with Crippen molar-refractivity contribution in [1.82, 2.24) is 4.98 Å². The quantitative estimate of drug-likeness (QED) is 0.690. The maximum Gasteiger partial charge on any atom is 0.248 e. The van der Waals surface area contributed by atoms with Gasteiger partial charge in [-0.05, 0) is 30.3 Å². The lowest BCUT2D eigenvalue weighted by Gasteiger charge is -2.07. The standard InChI is InChI=1S/C18H14ClN3O3/c1-11(23)20-14-7-6-12(10-13(14)19)21-17(24)8-9-18-22-15-4-2-3-5-16(15)25-18/h2-10H,1H3,(H,20,23)(H,21,24)/b9-8+. The number of carbonyl (C=O) groups is 2. The number of nitrogens with zero attached hydrogens (tertiary/aromatic N) is 1. The van der Waals surface area contributed by atoms with Crippen LogP contribution < -0.4 is 10.6 Å². The number of carbonyl (C=O) groups excluding carboxylic acids is 2. The number of aromatic nitrogens is 1. The van der Waals surface area contributed by atoms with E-state index in [9.17, 15) is 9.59 Å². The second kappa shape index (κ2) is 7.19. The van der Waals surface area contributed by atoms with E-state index in [0.717, 1.165) is 5.52 Å². The largest absolute Gasteiger partial charge is 0.437 e. The summed E-state index contributed by atoms with van der Waals surface area (Å²) in [6.07, 6.45) is 2.81. The van der Waals surface area contributed by atoms with E-state index < -0.39 is 0 Å². The van der Waals surface area contributed by atoms with Crippen molar-refractivity contribution in [2.75, 3.05) is 10.6 Å². The molecule has 0 aliphatic heterocycles. The Kier molecular flexibility index (Phi) is 4.81. The first-order valence-corrected chi connectivity index (χ1v) is 7.81. The number of nitrogens with one attached hydrogen (secondary N) is 2. The van der Waals surface area contributed by atoms with Gasteiger partial charge >= 0.3 is 0 Å². The summed E-state index contributed by atoms with van der Waals surface area (Å²) < 4.78 is 5.50. The minimum Gasteiger partial charge on any atom is -0.437 e. The maximum atomic E-state index is 12.0. The molecule has 126 valence electrons. The van der Waals surface area contributed by atoms with Crippen LogP contribution in [0.25, 0.3) is 17.2 Å². The summed E-state index contributed by atoms with van der Waals surface area (Å²) in [4.78, 5) is 27.3. The lowest BCUT2D eigenvalue weighted by Crippen LogP contribution is -2.09. The Hall–Kier alpha value is -3.12. The number of hydrogen-bond acceptors (Lipinski definition) is 4. The SMILES string of the molecule is CC(=O)Nc1ccc(NC(=O)/C=C/c2nc3ccccc3o2)cc1Cl. The zero-order chi connectivity index (χ0) is 17.8. The molecule has 0 aliphatic carbocycles. The van der Waals surface area contributed by atoms with Gasteiger partial charge in [0.1, 0.15) is 5.52 Å². The Labute approximate surface area is 148 Å². The third-order valence-corrected chi connectivity index (χ3v) is 3.55. The predicted octanol–water partition coefficient (Wildman–Crippen LogP) is 4.09. The zero-order valence-corrected chi connectivity index (χ0v) is 14.0. The number of oxazole rings is 1. The smallest absolute Gasteiger partial charge is 0.248 e. The van der Waals surface area contributed by atoms with Gasteiger partial charge in [0, 0.05) is 24.8 Å². The van der Waals surface area contributed by atoms with Crippen LogP contribution in [0.4, 0.5) is 11.4 Å². The lowest BCUT2D eigenvalue weighted by molar-refractivity contribution is -0.114. The number of benzene rings is 2. The van der Waals surface area contributed by atoms with Crippen LogP contribution in [0.15, 0.2) is 53.0 Å². The van der Waals surface area contributed by atoms with E-state index in [0.29, 0.717) is 27.9 Å². The highest BCUT2D eigenvalue weighted by molar-refractivity contribution is 6.34. The number of rotatable bonds is 4. The van der Waals surface area contributed by atoms with Crippen LogP contribution in [-0.4, -0.2) is 16.8 Å². The Morgan fingerprint density at radius 2 is 1.96 bits per heavy atom. The van der Waals surface area contributed by atoms with E-state index in [1.807, 2.05) is 18.2 Å². The highest BCUT2D eigenvalue weighted by atomic mass is 35.5. The first-order chi connectivity index (χ1) is 12.0. The monoisotopic (exact) mass is 355 g/mol. The third-order valence-electron chi connectivity index (χ3n) is 3.24. The highest BCUT2D eigenvalue weighted by Gasteiger charge is 2.06. The average molecular weight is 356 g/mol. The van der Waals surface area contributed by atoms with Crippen LogP contribution in [0, 0.1) is 0 Å². The van der Waals surface area contributed by atoms with Crippen LogP contribution >= 0.6 is 11.6 Å². The number of fused-ring (bicyclic) bond motifs is 1. The normalized spacial score (nSPS) is 11.0. The summed E-state index contributed by atoms with van der Waals surface area (Å²) in [6.45, 7) is 1.39. The molecule has 6 nitrogen and oxygen atoms in total. The van der Waals surface area contributed by atoms with Crippen molar-refractivity contribution in [3.8, 4) is 0 Å². The molecule has 0 spiro atoms. The van der Waals surface area contributed by atoms with Crippen LogP contribution in [0.2, 0.25) is 5.02 Å². The van der Waals surface area contributed by atoms with Gasteiger partial charge in [-0.25, -0.2) is 4.98 Å². The Balaban J connectivity index is 1.67. The second-order valence-corrected chi connectivity index (χ2v) is 5.63. The van der Waals surface area contributed by atoms with Crippen LogP contribution in [0.1, 0.15) is 12.8 Å². The molecule has 2 amide bonds. The summed E-state index contributed by atoms with van der Waals surface area (Å²) in [5, 5.41) is 5.60. The topological polar surface area (TPSA) is 84.2 Å². The molecular formula is C18H14ClN3O3. The van der Waals surface area contributed by atoms with Gasteiger partial charge in [0.15, 0.2) is 5.58 Å². The molecule has 1 heterocycles. The van der Waals surface area contributed by atoms with Crippen molar-refractivity contribution < 1.29 is 14.0 Å². The van der Waals surface area contributed by atoms with E-state index in [1.54, 1.807) is 24.3 Å². The van der Waals surface area contributed by atoms with Crippen molar-refractivity contribution in [1.29, 1.82) is 0 Å². The molecule has 1 aromatic heterocycles. The molecule has 0 saturated heterocycles. The summed E-state index contributed by atoms with van der Waals surface area (Å²) in [5.41, 5.74) is 2.37. The minimum atomic E-state index is -0.356. The van der Waals surface area contributed by atoms with Crippen molar-refractivity contribution in [3.63, 3.8) is 0 Å². The third kappa shape index (κ3) is 4.24. The van der Waals surface area contributed by atoms with Crippen molar-refractivity contribution in [3.05, 3.63) is 59.5 Å². The predicted molar refractivity (Wildman–Crippen MR) is 97.4 cm³/mol. The maximum absolute atomic E-state index is 12.0. The molecule has 0 aliphatic rings. The van der Waals surface area contributed by atoms with Gasteiger partial charge in [-0.3, -0.25) is 9.59 Å². The minimum absolute atomic E-state index is 0.222. The van der Waals surface area contributed by atoms with E-state index in [-0.39, 0.29) is 11.8 Å². The number of halogens is 1. The van der Waals surface area contributed by atoms with E-state index in [4.69, 9.17) is 16.0 Å². The van der Waals surface area contributed by atoms with Gasteiger partial charge in [0.05, 0.1) is 10.7 Å². The first kappa shape index (κ1) is 16.7. The lowest BCUT2D eigenvalue weighted by atomic mass is 10.2. The summed E-state index contributed by atoms with van der Waals surface area (Å²) in [5.74, 6) is -0.235. The molecular weight excluding hydrogens is 342 g/mol. The Bertz CT molecular complexity index is 946. The molecule has 3 aromatic rings. The fraction of sp³-hybridized carbons (Fsp3) is 0.0556. The van der Waals surface area contributed by atoms with Gasteiger partial charge in [-0.15, -0.1) is 0 Å². The molecule has 0 fully saturated rings. The summed E-state index contributed by atoms with van der Waals surface area (Å²) >= 11 is 6.07. The van der Waals surface area contributed by atoms with Crippen LogP contribution in [0.3, 0.4) is 0 Å². The van der Waals surface area contributed by atoms with Gasteiger partial charge in [-0.1, -0.05) is 23.7 Å². The molecule has 2 N–H and O–H groups in total. The van der Waals surface area contributed by atoms with E-state index >= 15 is 0 Å². The molecule has 0 saturated carbocycles. The molecule has 25 heavy (non-hydrogen) atoms. The van der Waals surface area contributed by atoms with Crippen LogP contribution in [-0.2, 0) is 9.59 Å². The van der Waals surface area contributed by atoms with Crippen molar-refractivity contribution in [2.24, 2.45) is 0 Å². The Morgan fingerprint density at radius 3 is 2.68 bits per heavy atom. The highest BCUT2D eigenvalue weighted by Crippen LogP contribution is 2.25. The molecule has 3 rings (SSSR count). The van der Waals surface area contributed by atoms with Crippen molar-refractivity contribution >= 4 is 52.0 Å². The molecule has 7 heteroatoms. The van der Waals surface area contributed by atoms with E-state index in [1.165, 1.54) is 19.1 Å². The van der Waals surface area contributed by atoms with Crippen LogP contribution in [0.5, 0.6) is 0 Å². The molecule has 0 unspecified atom stereocenters. The average Bonchev–Trinajstić information content (AvgIpc) is 2.98. The van der Waals surface area contributed by atoms with Gasteiger partial charge in [-0.2, -0.15) is 0 Å². The van der Waals surface area contributed by atoms with Crippen molar-refractivity contribution in [2.45, 2.75) is 6.92 Å². The number of para-hydroxylation sites is 2. The van der Waals surface area contributed by atoms with E-state index in [2.05, 4.69) is 15.6 Å². The second-order valence-electron chi connectivity index (χ2n) is 5.22. The Morgan fingerprint density at radius 1 is 1.16 bits per heavy atom. The van der Waals surface area contributed by atoms with Gasteiger partial charge in [0.25, 0.3) is 0 Å². The fourth-order valence-corrected chi connectivity index (χ4v) is 2.40. The molecule has 0 bridgehead atoms. The van der Waals surface area contributed by atoms with Gasteiger partial charge in [0.2, 0.25) is 17.7 Å². The summed E-state index contributed by atoms with van der Waals surface area (Å²) in [7, 11) is 0. The fourth-order valence-electron chi connectivity index (χ4n) is 2.18. The molecule has 0 atom stereocenters. The summed E-state index contributed by atoms with van der Waals surface area (Å²) in [6, 6.07) is 12.2. The number of amides is 2. The number of hydrogen-bond donors (Lipinski definition) is 2.